The van der Waals surface area contributed by atoms with E-state index in [1.807, 2.05) is 30.0 Å². The van der Waals surface area contributed by atoms with E-state index in [1.54, 1.807) is 19.2 Å². The van der Waals surface area contributed by atoms with Crippen LogP contribution < -0.4 is 15.2 Å². The van der Waals surface area contributed by atoms with Crippen LogP contribution in [0.1, 0.15) is 50.7 Å². The number of halogens is 3. The standard InChI is InChI=1S/C30H32Cl2IN3O4/c1-5-39-25-12-18(11-22(33)28(25)40-16-17-6-7-20(31)21(32)10-17)26-19(15-34)29(35)36(8-9-38-4)23-13-30(2,3)14-24(37)27(23)26/h6-7,10-12,26H,5,8-9,13-14,16,35H2,1-4H3/t26-/m1/s1. The Bertz CT molecular complexity index is 1430. The van der Waals surface area contributed by atoms with Gasteiger partial charge in [0.2, 0.25) is 0 Å². The van der Waals surface area contributed by atoms with Gasteiger partial charge in [-0.1, -0.05) is 43.1 Å². The van der Waals surface area contributed by atoms with Gasteiger partial charge in [-0.15, -0.1) is 0 Å². The fourth-order valence-corrected chi connectivity index (χ4v) is 6.39. The first-order chi connectivity index (χ1) is 19.0. The van der Waals surface area contributed by atoms with Crippen LogP contribution in [0.15, 0.2) is 53.0 Å². The summed E-state index contributed by atoms with van der Waals surface area (Å²) in [6.45, 7) is 7.56. The van der Waals surface area contributed by atoms with E-state index in [0.717, 1.165) is 20.4 Å². The summed E-state index contributed by atoms with van der Waals surface area (Å²) >= 11 is 14.4. The summed E-state index contributed by atoms with van der Waals surface area (Å²) < 4.78 is 18.3. The lowest BCUT2D eigenvalue weighted by Gasteiger charge is -2.43. The third-order valence-electron chi connectivity index (χ3n) is 7.04. The maximum absolute atomic E-state index is 13.7. The number of rotatable bonds is 9. The summed E-state index contributed by atoms with van der Waals surface area (Å²) in [6.07, 6.45) is 1.05. The number of methoxy groups -OCH3 is 1. The smallest absolute Gasteiger partial charge is 0.174 e. The average molecular weight is 696 g/mol. The highest BCUT2D eigenvalue weighted by molar-refractivity contribution is 14.1. The van der Waals surface area contributed by atoms with Crippen molar-refractivity contribution in [2.75, 3.05) is 26.9 Å². The van der Waals surface area contributed by atoms with Crippen molar-refractivity contribution in [2.24, 2.45) is 11.1 Å². The number of benzene rings is 2. The van der Waals surface area contributed by atoms with Crippen molar-refractivity contribution in [1.29, 1.82) is 5.26 Å². The highest BCUT2D eigenvalue weighted by Gasteiger charge is 2.44. The summed E-state index contributed by atoms with van der Waals surface area (Å²) in [5, 5.41) is 11.2. The molecular formula is C30H32Cl2IN3O4. The van der Waals surface area contributed by atoms with Crippen LogP contribution in [0.2, 0.25) is 10.0 Å². The summed E-state index contributed by atoms with van der Waals surface area (Å²) in [5.74, 6) is 0.844. The Hall–Kier alpha value is -2.45. The fraction of sp³-hybridized carbons (Fsp3) is 0.400. The molecule has 0 saturated heterocycles. The quantitative estimate of drug-likeness (QED) is 0.283. The van der Waals surface area contributed by atoms with Gasteiger partial charge in [-0.05, 0) is 76.7 Å². The normalized spacial score (nSPS) is 18.5. The van der Waals surface area contributed by atoms with E-state index in [2.05, 4.69) is 42.5 Å². The number of nitrogens with two attached hydrogens (primary N) is 1. The molecule has 2 aromatic rings. The van der Waals surface area contributed by atoms with Crippen LogP contribution in [-0.4, -0.2) is 37.6 Å². The van der Waals surface area contributed by atoms with E-state index in [9.17, 15) is 10.1 Å². The molecule has 0 saturated carbocycles. The number of hydrogen-bond acceptors (Lipinski definition) is 7. The zero-order valence-corrected chi connectivity index (χ0v) is 26.6. The molecule has 1 heterocycles. The second-order valence-corrected chi connectivity index (χ2v) is 12.6. The highest BCUT2D eigenvalue weighted by Crippen LogP contribution is 2.50. The third-order valence-corrected chi connectivity index (χ3v) is 8.58. The Morgan fingerprint density at radius 1 is 1.18 bits per heavy atom. The van der Waals surface area contributed by atoms with Gasteiger partial charge in [-0.2, -0.15) is 5.26 Å². The second-order valence-electron chi connectivity index (χ2n) is 10.6. The molecule has 40 heavy (non-hydrogen) atoms. The van der Waals surface area contributed by atoms with E-state index >= 15 is 0 Å². The molecule has 0 fully saturated rings. The van der Waals surface area contributed by atoms with Crippen molar-refractivity contribution in [3.63, 3.8) is 0 Å². The Balaban J connectivity index is 1.81. The molecular weight excluding hydrogens is 664 g/mol. The van der Waals surface area contributed by atoms with E-state index in [0.29, 0.717) is 71.1 Å². The molecule has 0 bridgehead atoms. The number of nitriles is 1. The molecule has 7 nitrogen and oxygen atoms in total. The van der Waals surface area contributed by atoms with Crippen LogP contribution in [-0.2, 0) is 16.1 Å². The van der Waals surface area contributed by atoms with Crippen LogP contribution in [0.4, 0.5) is 0 Å². The molecule has 0 radical (unpaired) electrons. The van der Waals surface area contributed by atoms with Gasteiger partial charge < -0.3 is 24.8 Å². The number of allylic oxidation sites excluding steroid dienone is 3. The molecule has 10 heteroatoms. The van der Waals surface area contributed by atoms with Gasteiger partial charge in [0.25, 0.3) is 0 Å². The molecule has 0 amide bonds. The van der Waals surface area contributed by atoms with E-state index < -0.39 is 5.92 Å². The summed E-state index contributed by atoms with van der Waals surface area (Å²) in [6, 6.07) is 11.4. The first-order valence-corrected chi connectivity index (χ1v) is 14.8. The van der Waals surface area contributed by atoms with Crippen LogP contribution in [0.25, 0.3) is 0 Å². The molecule has 2 aromatic carbocycles. The van der Waals surface area contributed by atoms with Crippen molar-refractivity contribution in [1.82, 2.24) is 4.90 Å². The van der Waals surface area contributed by atoms with Gasteiger partial charge in [0.1, 0.15) is 12.4 Å². The molecule has 212 valence electrons. The lowest BCUT2D eigenvalue weighted by Crippen LogP contribution is -2.43. The van der Waals surface area contributed by atoms with Crippen LogP contribution in [0, 0.1) is 20.3 Å². The zero-order chi connectivity index (χ0) is 29.2. The van der Waals surface area contributed by atoms with Gasteiger partial charge in [-0.25, -0.2) is 0 Å². The number of ether oxygens (including phenoxy) is 3. The molecule has 2 aliphatic rings. The molecule has 1 aliphatic heterocycles. The van der Waals surface area contributed by atoms with Crippen LogP contribution in [0.5, 0.6) is 11.5 Å². The topological polar surface area (TPSA) is 97.8 Å². The van der Waals surface area contributed by atoms with Crippen LogP contribution >= 0.6 is 45.8 Å². The van der Waals surface area contributed by atoms with Crippen LogP contribution in [0.3, 0.4) is 0 Å². The molecule has 1 aliphatic carbocycles. The van der Waals surface area contributed by atoms with Crippen molar-refractivity contribution in [2.45, 2.75) is 46.1 Å². The number of hydrogen-bond donors (Lipinski definition) is 1. The number of ketones is 1. The fourth-order valence-electron chi connectivity index (χ4n) is 5.29. The number of Topliss-reactive ketones (excluding diaryl/α,β-unsaturated/α-hetero) is 1. The summed E-state index contributed by atoms with van der Waals surface area (Å²) in [5.41, 5.74) is 9.83. The summed E-state index contributed by atoms with van der Waals surface area (Å²) in [7, 11) is 1.62. The molecule has 2 N–H and O–H groups in total. The number of nitrogens with zero attached hydrogens (tertiary/aromatic N) is 2. The van der Waals surface area contributed by atoms with E-state index in [1.165, 1.54) is 0 Å². The predicted molar refractivity (Wildman–Crippen MR) is 164 cm³/mol. The minimum absolute atomic E-state index is 0.0202. The monoisotopic (exact) mass is 695 g/mol. The zero-order valence-electron chi connectivity index (χ0n) is 22.9. The first-order valence-electron chi connectivity index (χ1n) is 13.0. The number of carbonyl (C=O) groups is 1. The van der Waals surface area contributed by atoms with Gasteiger partial charge in [0.05, 0.1) is 44.4 Å². The lowest BCUT2D eigenvalue weighted by atomic mass is 9.68. The maximum atomic E-state index is 13.7. The minimum Gasteiger partial charge on any atom is -0.490 e. The van der Waals surface area contributed by atoms with E-state index in [4.69, 9.17) is 43.1 Å². The van der Waals surface area contributed by atoms with Gasteiger partial charge in [-0.3, -0.25) is 4.79 Å². The molecule has 0 unspecified atom stereocenters. The molecule has 0 aromatic heterocycles. The average Bonchev–Trinajstić information content (AvgIpc) is 2.88. The predicted octanol–water partition coefficient (Wildman–Crippen LogP) is 6.96. The molecule has 0 spiro atoms. The van der Waals surface area contributed by atoms with Gasteiger partial charge in [0.15, 0.2) is 17.3 Å². The SMILES string of the molecule is CCOc1cc([C@@H]2C(C#N)=C(N)N(CCOC)C3=C2C(=O)CC(C)(C)C3)cc(I)c1OCc1ccc(Cl)c(Cl)c1. The van der Waals surface area contributed by atoms with Crippen molar-refractivity contribution < 1.29 is 19.0 Å². The lowest BCUT2D eigenvalue weighted by molar-refractivity contribution is -0.118. The second kappa shape index (κ2) is 12.6. The molecule has 4 rings (SSSR count). The van der Waals surface area contributed by atoms with Crippen molar-refractivity contribution in [3.8, 4) is 17.6 Å². The summed E-state index contributed by atoms with van der Waals surface area (Å²) in [4.78, 5) is 15.6. The highest BCUT2D eigenvalue weighted by atomic mass is 127. The third kappa shape index (κ3) is 6.23. The molecule has 1 atom stereocenters. The minimum atomic E-state index is -0.612. The maximum Gasteiger partial charge on any atom is 0.174 e. The Labute approximate surface area is 259 Å². The number of carbonyl (C=O) groups excluding carboxylic acids is 1. The van der Waals surface area contributed by atoms with Gasteiger partial charge in [0, 0.05) is 31.3 Å². The Morgan fingerprint density at radius 2 is 1.93 bits per heavy atom. The largest absolute Gasteiger partial charge is 0.490 e. The van der Waals surface area contributed by atoms with E-state index in [-0.39, 0.29) is 17.8 Å². The van der Waals surface area contributed by atoms with Crippen molar-refractivity contribution >= 4 is 51.6 Å². The van der Waals surface area contributed by atoms with Crippen molar-refractivity contribution in [3.05, 3.63) is 77.7 Å². The Morgan fingerprint density at radius 3 is 2.58 bits per heavy atom. The first kappa shape index (κ1) is 30.5. The van der Waals surface area contributed by atoms with Gasteiger partial charge >= 0.3 is 0 Å². The Kier molecular flexibility index (Phi) is 9.61.